The van der Waals surface area contributed by atoms with E-state index >= 15 is 0 Å². The molecule has 0 aliphatic rings. The second-order valence-corrected chi connectivity index (χ2v) is 6.78. The normalized spacial score (nSPS) is 13.2. The smallest absolute Gasteiger partial charge is 0.207 e. The average molecular weight is 310 g/mol. The lowest BCUT2D eigenvalue weighted by molar-refractivity contribution is 0.566. The van der Waals surface area contributed by atoms with Gasteiger partial charge in [-0.1, -0.05) is 41.9 Å². The van der Waals surface area contributed by atoms with Crippen LogP contribution in [0.5, 0.6) is 0 Å². The number of hydrogen-bond donors (Lipinski definition) is 1. The van der Waals surface area contributed by atoms with Crippen LogP contribution < -0.4 is 4.72 Å². The summed E-state index contributed by atoms with van der Waals surface area (Å²) in [5.74, 6) is 0. The van der Waals surface area contributed by atoms with Gasteiger partial charge in [0.25, 0.3) is 0 Å². The number of benzene rings is 2. The molecule has 5 heteroatoms. The van der Waals surface area contributed by atoms with Gasteiger partial charge in [-0.2, -0.15) is 0 Å². The topological polar surface area (TPSA) is 46.2 Å². The van der Waals surface area contributed by atoms with Gasteiger partial charge < -0.3 is 0 Å². The summed E-state index contributed by atoms with van der Waals surface area (Å²) >= 11 is 5.93. The van der Waals surface area contributed by atoms with E-state index < -0.39 is 10.0 Å². The molecule has 0 fully saturated rings. The molecule has 2 aromatic rings. The van der Waals surface area contributed by atoms with Crippen LogP contribution in [0.25, 0.3) is 0 Å². The minimum absolute atomic E-state index is 0.300. The molecule has 0 unspecified atom stereocenters. The predicted molar refractivity (Wildman–Crippen MR) is 81.4 cm³/mol. The average Bonchev–Trinajstić information content (AvgIpc) is 2.38. The van der Waals surface area contributed by atoms with E-state index in [4.69, 9.17) is 11.6 Å². The van der Waals surface area contributed by atoms with Gasteiger partial charge in [0, 0.05) is 11.1 Å². The van der Waals surface area contributed by atoms with E-state index in [2.05, 4.69) is 4.72 Å². The Morgan fingerprint density at radius 3 is 2.45 bits per heavy atom. The van der Waals surface area contributed by atoms with Crippen LogP contribution in [0.3, 0.4) is 0 Å². The summed E-state index contributed by atoms with van der Waals surface area (Å²) in [5.41, 5.74) is 1.55. The van der Waals surface area contributed by atoms with E-state index in [9.17, 15) is 8.42 Å². The molecule has 0 radical (unpaired) electrons. The minimum atomic E-state index is -3.54. The van der Waals surface area contributed by atoms with Crippen molar-refractivity contribution < 1.29 is 8.42 Å². The summed E-state index contributed by atoms with van der Waals surface area (Å²) < 4.78 is 27.4. The molecule has 106 valence electrons. The Morgan fingerprint density at radius 2 is 1.80 bits per heavy atom. The van der Waals surface area contributed by atoms with Gasteiger partial charge in [-0.05, 0) is 43.2 Å². The van der Waals surface area contributed by atoms with Crippen LogP contribution in [0.2, 0.25) is 5.02 Å². The fraction of sp³-hybridized carbons (Fsp3) is 0.200. The van der Waals surface area contributed by atoms with Crippen molar-refractivity contribution in [1.82, 2.24) is 4.72 Å². The van der Waals surface area contributed by atoms with Gasteiger partial charge in [0.05, 0.1) is 4.90 Å². The van der Waals surface area contributed by atoms with E-state index in [1.165, 1.54) is 0 Å². The van der Waals surface area contributed by atoms with Crippen LogP contribution in [-0.2, 0) is 10.0 Å². The molecule has 1 N–H and O–H groups in total. The highest BCUT2D eigenvalue weighted by Gasteiger charge is 2.19. The van der Waals surface area contributed by atoms with E-state index in [0.717, 1.165) is 11.1 Å². The number of aryl methyl sites for hydroxylation is 1. The minimum Gasteiger partial charge on any atom is -0.207 e. The molecule has 0 bridgehead atoms. The Hall–Kier alpha value is -1.36. The molecule has 0 amide bonds. The monoisotopic (exact) mass is 309 g/mol. The summed E-state index contributed by atoms with van der Waals surface area (Å²) in [6.45, 7) is 3.57. The maximum absolute atomic E-state index is 12.4. The van der Waals surface area contributed by atoms with Gasteiger partial charge in [-0.15, -0.1) is 0 Å². The van der Waals surface area contributed by atoms with Crippen molar-refractivity contribution in [1.29, 1.82) is 0 Å². The van der Waals surface area contributed by atoms with Crippen LogP contribution in [-0.4, -0.2) is 8.42 Å². The Bertz CT molecular complexity index is 713. The molecule has 3 nitrogen and oxygen atoms in total. The Balaban J connectivity index is 2.27. The first-order valence-corrected chi connectivity index (χ1v) is 8.10. The van der Waals surface area contributed by atoms with Crippen molar-refractivity contribution in [2.24, 2.45) is 0 Å². The second-order valence-electron chi connectivity index (χ2n) is 4.66. The van der Waals surface area contributed by atoms with Gasteiger partial charge in [-0.25, -0.2) is 13.1 Å². The summed E-state index contributed by atoms with van der Waals surface area (Å²) in [6, 6.07) is 13.7. The maximum Gasteiger partial charge on any atom is 0.241 e. The van der Waals surface area contributed by atoms with Crippen LogP contribution in [0, 0.1) is 6.92 Å². The van der Waals surface area contributed by atoms with Gasteiger partial charge in [0.1, 0.15) is 0 Å². The molecule has 0 spiro atoms. The molecule has 0 saturated heterocycles. The third kappa shape index (κ3) is 3.39. The number of halogens is 1. The Kier molecular flexibility index (Phi) is 4.48. The van der Waals surface area contributed by atoms with Crippen LogP contribution in [0.4, 0.5) is 0 Å². The van der Waals surface area contributed by atoms with Crippen molar-refractivity contribution in [2.75, 3.05) is 0 Å². The standard InChI is InChI=1S/C15H16ClNO2S/c1-11-6-3-4-9-15(11)20(18,19)17-12(2)13-7-5-8-14(16)10-13/h3-10,12,17H,1-2H3/t12-/m0/s1. The third-order valence-electron chi connectivity index (χ3n) is 3.06. The van der Waals surface area contributed by atoms with Crippen LogP contribution in [0.15, 0.2) is 53.4 Å². The predicted octanol–water partition coefficient (Wildman–Crippen LogP) is 3.69. The van der Waals surface area contributed by atoms with E-state index in [0.29, 0.717) is 9.92 Å². The molecular weight excluding hydrogens is 294 g/mol. The number of sulfonamides is 1. The first-order valence-electron chi connectivity index (χ1n) is 6.23. The molecular formula is C15H16ClNO2S. The summed E-state index contributed by atoms with van der Waals surface area (Å²) in [4.78, 5) is 0.300. The van der Waals surface area contributed by atoms with Gasteiger partial charge in [0.2, 0.25) is 10.0 Å². The zero-order chi connectivity index (χ0) is 14.8. The summed E-state index contributed by atoms with van der Waals surface area (Å²) in [7, 11) is -3.54. The number of rotatable bonds is 4. The fourth-order valence-electron chi connectivity index (χ4n) is 2.00. The fourth-order valence-corrected chi connectivity index (χ4v) is 3.67. The quantitative estimate of drug-likeness (QED) is 0.936. The zero-order valence-corrected chi connectivity index (χ0v) is 12.9. The van der Waals surface area contributed by atoms with Crippen molar-refractivity contribution >= 4 is 21.6 Å². The second kappa shape index (κ2) is 5.95. The molecule has 2 aromatic carbocycles. The van der Waals surface area contributed by atoms with Gasteiger partial charge >= 0.3 is 0 Å². The molecule has 1 atom stereocenters. The first-order chi connectivity index (χ1) is 9.40. The number of hydrogen-bond acceptors (Lipinski definition) is 2. The van der Waals surface area contributed by atoms with Gasteiger partial charge in [-0.3, -0.25) is 0 Å². The lowest BCUT2D eigenvalue weighted by atomic mass is 10.1. The summed E-state index contributed by atoms with van der Waals surface area (Å²) in [5, 5.41) is 0.587. The highest BCUT2D eigenvalue weighted by atomic mass is 35.5. The molecule has 0 heterocycles. The van der Waals surface area contributed by atoms with Crippen LogP contribution >= 0.6 is 11.6 Å². The maximum atomic E-state index is 12.4. The zero-order valence-electron chi connectivity index (χ0n) is 11.3. The molecule has 2 rings (SSSR count). The molecule has 20 heavy (non-hydrogen) atoms. The largest absolute Gasteiger partial charge is 0.241 e. The number of nitrogens with one attached hydrogen (secondary N) is 1. The molecule has 0 aliphatic carbocycles. The van der Waals surface area contributed by atoms with Crippen molar-refractivity contribution in [3.05, 3.63) is 64.7 Å². The first kappa shape index (κ1) is 15.0. The molecule has 0 saturated carbocycles. The van der Waals surface area contributed by atoms with E-state index in [1.807, 2.05) is 12.1 Å². The van der Waals surface area contributed by atoms with Crippen molar-refractivity contribution in [3.8, 4) is 0 Å². The van der Waals surface area contributed by atoms with Crippen molar-refractivity contribution in [2.45, 2.75) is 24.8 Å². The summed E-state index contributed by atoms with van der Waals surface area (Å²) in [6.07, 6.45) is 0. The van der Waals surface area contributed by atoms with E-state index in [1.54, 1.807) is 50.2 Å². The lowest BCUT2D eigenvalue weighted by Gasteiger charge is -2.16. The highest BCUT2D eigenvalue weighted by Crippen LogP contribution is 2.21. The molecule has 0 aromatic heterocycles. The molecule has 0 aliphatic heterocycles. The van der Waals surface area contributed by atoms with E-state index in [-0.39, 0.29) is 6.04 Å². The van der Waals surface area contributed by atoms with Crippen LogP contribution in [0.1, 0.15) is 24.1 Å². The van der Waals surface area contributed by atoms with Crippen molar-refractivity contribution in [3.63, 3.8) is 0 Å². The Labute approximate surface area is 124 Å². The third-order valence-corrected chi connectivity index (χ3v) is 5.00. The highest BCUT2D eigenvalue weighted by molar-refractivity contribution is 7.89. The lowest BCUT2D eigenvalue weighted by Crippen LogP contribution is -2.27. The SMILES string of the molecule is Cc1ccccc1S(=O)(=O)N[C@@H](C)c1cccc(Cl)c1. The Morgan fingerprint density at radius 1 is 1.10 bits per heavy atom. The van der Waals surface area contributed by atoms with Gasteiger partial charge in [0.15, 0.2) is 0 Å².